The standard InChI is InChI=1S/C25H17F2NO2S/c1-15-14-21(23(29)16-6-3-2-4-7-16)31-24(15)17-10-12-18(13-11-17)28-25(30)22-19(26)8-5-9-20(22)27/h2-14H,1H3,(H,28,30). The van der Waals surface area contributed by atoms with Crippen LogP contribution in [0, 0.1) is 18.6 Å². The van der Waals surface area contributed by atoms with E-state index < -0.39 is 23.1 Å². The molecule has 0 unspecified atom stereocenters. The SMILES string of the molecule is Cc1cc(C(=O)c2ccccc2)sc1-c1ccc(NC(=O)c2c(F)cccc2F)cc1. The van der Waals surface area contributed by atoms with Gasteiger partial charge in [0.2, 0.25) is 5.78 Å². The summed E-state index contributed by atoms with van der Waals surface area (Å²) in [5.74, 6) is -2.72. The molecule has 0 saturated carbocycles. The van der Waals surface area contributed by atoms with E-state index >= 15 is 0 Å². The van der Waals surface area contributed by atoms with Crippen molar-refractivity contribution in [2.45, 2.75) is 6.92 Å². The number of hydrogen-bond donors (Lipinski definition) is 1. The van der Waals surface area contributed by atoms with Crippen LogP contribution in [0.3, 0.4) is 0 Å². The minimum absolute atomic E-state index is 0.0317. The monoisotopic (exact) mass is 433 g/mol. The van der Waals surface area contributed by atoms with Gasteiger partial charge in [-0.05, 0) is 48.4 Å². The third kappa shape index (κ3) is 4.29. The van der Waals surface area contributed by atoms with Gasteiger partial charge in [0.05, 0.1) is 4.88 Å². The number of halogens is 2. The third-order valence-electron chi connectivity index (χ3n) is 4.77. The Labute approximate surface area is 182 Å². The number of hydrogen-bond acceptors (Lipinski definition) is 3. The molecule has 1 heterocycles. The van der Waals surface area contributed by atoms with Crippen LogP contribution >= 0.6 is 11.3 Å². The molecule has 0 atom stereocenters. The second-order valence-corrected chi connectivity index (χ2v) is 8.00. The lowest BCUT2D eigenvalue weighted by Crippen LogP contribution is -2.15. The number of rotatable bonds is 5. The maximum Gasteiger partial charge on any atom is 0.261 e. The lowest BCUT2D eigenvalue weighted by Gasteiger charge is -2.08. The molecule has 0 saturated heterocycles. The van der Waals surface area contributed by atoms with E-state index in [1.165, 1.54) is 17.4 Å². The van der Waals surface area contributed by atoms with Crippen molar-refractivity contribution >= 4 is 28.7 Å². The Morgan fingerprint density at radius 2 is 1.48 bits per heavy atom. The van der Waals surface area contributed by atoms with Crippen LogP contribution in [0.4, 0.5) is 14.5 Å². The van der Waals surface area contributed by atoms with Crippen molar-refractivity contribution in [1.82, 2.24) is 0 Å². The Balaban J connectivity index is 1.54. The zero-order valence-corrected chi connectivity index (χ0v) is 17.3. The molecule has 6 heteroatoms. The first-order chi connectivity index (χ1) is 14.9. The van der Waals surface area contributed by atoms with Crippen molar-refractivity contribution in [3.05, 3.63) is 112 Å². The summed E-state index contributed by atoms with van der Waals surface area (Å²) in [6, 6.07) is 21.1. The van der Waals surface area contributed by atoms with Crippen LogP contribution in [0.1, 0.15) is 31.2 Å². The van der Waals surface area contributed by atoms with E-state index in [0.29, 0.717) is 16.1 Å². The first kappa shape index (κ1) is 20.6. The Morgan fingerprint density at radius 1 is 0.839 bits per heavy atom. The summed E-state index contributed by atoms with van der Waals surface area (Å²) < 4.78 is 27.6. The first-order valence-corrected chi connectivity index (χ1v) is 10.3. The fraction of sp³-hybridized carbons (Fsp3) is 0.0400. The highest BCUT2D eigenvalue weighted by atomic mass is 32.1. The smallest absolute Gasteiger partial charge is 0.261 e. The van der Waals surface area contributed by atoms with Crippen LogP contribution in [-0.2, 0) is 0 Å². The fourth-order valence-corrected chi connectivity index (χ4v) is 4.37. The van der Waals surface area contributed by atoms with Crippen molar-refractivity contribution in [3.8, 4) is 10.4 Å². The van der Waals surface area contributed by atoms with E-state index in [1.54, 1.807) is 36.4 Å². The third-order valence-corrected chi connectivity index (χ3v) is 6.06. The molecular weight excluding hydrogens is 416 g/mol. The van der Waals surface area contributed by atoms with E-state index in [0.717, 1.165) is 28.1 Å². The van der Waals surface area contributed by atoms with Gasteiger partial charge in [0.25, 0.3) is 5.91 Å². The topological polar surface area (TPSA) is 46.2 Å². The molecule has 0 aliphatic carbocycles. The van der Waals surface area contributed by atoms with Gasteiger partial charge < -0.3 is 5.32 Å². The lowest BCUT2D eigenvalue weighted by atomic mass is 10.1. The Morgan fingerprint density at radius 3 is 2.13 bits per heavy atom. The summed E-state index contributed by atoms with van der Waals surface area (Å²) >= 11 is 1.40. The van der Waals surface area contributed by atoms with Crippen LogP contribution in [0.25, 0.3) is 10.4 Å². The van der Waals surface area contributed by atoms with Gasteiger partial charge in [-0.15, -0.1) is 11.3 Å². The summed E-state index contributed by atoms with van der Waals surface area (Å²) in [5.41, 5.74) is 2.27. The Hall–Kier alpha value is -3.64. The average molecular weight is 433 g/mol. The van der Waals surface area contributed by atoms with E-state index in [9.17, 15) is 18.4 Å². The zero-order valence-electron chi connectivity index (χ0n) is 16.5. The highest BCUT2D eigenvalue weighted by molar-refractivity contribution is 7.17. The minimum atomic E-state index is -0.918. The second kappa shape index (κ2) is 8.62. The van der Waals surface area contributed by atoms with E-state index in [2.05, 4.69) is 5.32 Å². The number of carbonyl (C=O) groups is 2. The van der Waals surface area contributed by atoms with Crippen molar-refractivity contribution in [1.29, 1.82) is 0 Å². The van der Waals surface area contributed by atoms with E-state index in [4.69, 9.17) is 0 Å². The average Bonchev–Trinajstić information content (AvgIpc) is 3.16. The molecule has 154 valence electrons. The number of benzene rings is 3. The predicted molar refractivity (Wildman–Crippen MR) is 119 cm³/mol. The molecule has 0 radical (unpaired) electrons. The van der Waals surface area contributed by atoms with Crippen LogP contribution in [0.15, 0.2) is 78.9 Å². The van der Waals surface area contributed by atoms with E-state index in [1.807, 2.05) is 31.2 Å². The largest absolute Gasteiger partial charge is 0.322 e. The summed E-state index contributed by atoms with van der Waals surface area (Å²) in [6.07, 6.45) is 0. The molecule has 0 bridgehead atoms. The Kier molecular flexibility index (Phi) is 5.73. The van der Waals surface area contributed by atoms with Gasteiger partial charge in [-0.25, -0.2) is 8.78 Å². The Bertz CT molecular complexity index is 1240. The molecule has 0 aliphatic heterocycles. The highest BCUT2D eigenvalue weighted by Crippen LogP contribution is 2.34. The number of nitrogens with one attached hydrogen (secondary N) is 1. The normalized spacial score (nSPS) is 10.7. The maximum absolute atomic E-state index is 13.8. The molecular formula is C25H17F2NO2S. The number of anilines is 1. The van der Waals surface area contributed by atoms with Crippen LogP contribution in [0.2, 0.25) is 0 Å². The molecule has 3 aromatic carbocycles. The second-order valence-electron chi connectivity index (χ2n) is 6.95. The highest BCUT2D eigenvalue weighted by Gasteiger charge is 2.18. The molecule has 31 heavy (non-hydrogen) atoms. The van der Waals surface area contributed by atoms with Gasteiger partial charge in [-0.3, -0.25) is 9.59 Å². The number of carbonyl (C=O) groups excluding carboxylic acids is 2. The molecule has 1 amide bonds. The number of amides is 1. The lowest BCUT2D eigenvalue weighted by molar-refractivity contribution is 0.101. The summed E-state index contributed by atoms with van der Waals surface area (Å²) in [7, 11) is 0. The number of aryl methyl sites for hydroxylation is 1. The van der Waals surface area contributed by atoms with Gasteiger partial charge in [-0.1, -0.05) is 48.5 Å². The summed E-state index contributed by atoms with van der Waals surface area (Å²) in [4.78, 5) is 26.5. The van der Waals surface area contributed by atoms with Crippen LogP contribution in [-0.4, -0.2) is 11.7 Å². The fourth-order valence-electron chi connectivity index (χ4n) is 3.23. The van der Waals surface area contributed by atoms with Crippen LogP contribution in [0.5, 0.6) is 0 Å². The molecule has 1 aromatic heterocycles. The van der Waals surface area contributed by atoms with Gasteiger partial charge in [0, 0.05) is 16.1 Å². The van der Waals surface area contributed by atoms with Gasteiger partial charge in [0.15, 0.2) is 0 Å². The molecule has 0 aliphatic rings. The molecule has 4 rings (SSSR count). The molecule has 3 nitrogen and oxygen atoms in total. The van der Waals surface area contributed by atoms with Crippen molar-refractivity contribution < 1.29 is 18.4 Å². The maximum atomic E-state index is 13.8. The van der Waals surface area contributed by atoms with Crippen molar-refractivity contribution in [3.63, 3.8) is 0 Å². The number of thiophene rings is 1. The minimum Gasteiger partial charge on any atom is -0.322 e. The van der Waals surface area contributed by atoms with Crippen molar-refractivity contribution in [2.24, 2.45) is 0 Å². The van der Waals surface area contributed by atoms with Crippen LogP contribution < -0.4 is 5.32 Å². The number of ketones is 1. The van der Waals surface area contributed by atoms with Gasteiger partial charge in [0.1, 0.15) is 17.2 Å². The predicted octanol–water partition coefficient (Wildman–Crippen LogP) is 6.49. The van der Waals surface area contributed by atoms with E-state index in [-0.39, 0.29) is 5.78 Å². The van der Waals surface area contributed by atoms with Crippen molar-refractivity contribution in [2.75, 3.05) is 5.32 Å². The zero-order chi connectivity index (χ0) is 22.0. The van der Waals surface area contributed by atoms with Gasteiger partial charge in [-0.2, -0.15) is 0 Å². The molecule has 0 fully saturated rings. The summed E-state index contributed by atoms with van der Waals surface area (Å²) in [5, 5.41) is 2.51. The van der Waals surface area contributed by atoms with Gasteiger partial charge >= 0.3 is 0 Å². The molecule has 4 aromatic rings. The first-order valence-electron chi connectivity index (χ1n) is 9.50. The quantitative estimate of drug-likeness (QED) is 0.366. The molecule has 0 spiro atoms. The summed E-state index contributed by atoms with van der Waals surface area (Å²) in [6.45, 7) is 1.93. The molecule has 1 N–H and O–H groups in total.